The van der Waals surface area contributed by atoms with Crippen molar-refractivity contribution in [1.82, 2.24) is 10.2 Å². The van der Waals surface area contributed by atoms with Crippen LogP contribution in [0.4, 0.5) is 5.69 Å². The van der Waals surface area contributed by atoms with Crippen molar-refractivity contribution >= 4 is 17.5 Å². The van der Waals surface area contributed by atoms with Crippen LogP contribution in [0, 0.1) is 0 Å². The Morgan fingerprint density at radius 3 is 2.74 bits per heavy atom. The Bertz CT molecular complexity index is 772. The van der Waals surface area contributed by atoms with E-state index in [9.17, 15) is 9.59 Å². The lowest BCUT2D eigenvalue weighted by molar-refractivity contribution is -0.122. The quantitative estimate of drug-likeness (QED) is 0.637. The Morgan fingerprint density at radius 2 is 2.00 bits per heavy atom. The summed E-state index contributed by atoms with van der Waals surface area (Å²) >= 11 is 0. The first-order valence-corrected chi connectivity index (χ1v) is 11.8. The van der Waals surface area contributed by atoms with Gasteiger partial charge in [-0.25, -0.2) is 0 Å². The molecule has 0 aliphatic carbocycles. The van der Waals surface area contributed by atoms with Crippen molar-refractivity contribution < 1.29 is 14.3 Å². The third-order valence-electron chi connectivity index (χ3n) is 6.44. The van der Waals surface area contributed by atoms with Crippen molar-refractivity contribution in [3.05, 3.63) is 23.8 Å². The number of fused-ring (bicyclic) bond motifs is 1. The lowest BCUT2D eigenvalue weighted by Gasteiger charge is -2.33. The van der Waals surface area contributed by atoms with Crippen LogP contribution in [0.15, 0.2) is 18.2 Å². The monoisotopic (exact) mass is 429 g/mol. The number of rotatable bonds is 8. The Morgan fingerprint density at radius 1 is 1.19 bits per heavy atom. The van der Waals surface area contributed by atoms with Crippen molar-refractivity contribution in [3.63, 3.8) is 0 Å². The van der Waals surface area contributed by atoms with Crippen molar-refractivity contribution in [2.45, 2.75) is 77.7 Å². The van der Waals surface area contributed by atoms with E-state index in [1.165, 1.54) is 25.8 Å². The molecule has 2 heterocycles. The van der Waals surface area contributed by atoms with E-state index < -0.39 is 0 Å². The van der Waals surface area contributed by atoms with E-state index in [4.69, 9.17) is 4.74 Å². The molecule has 2 aliphatic heterocycles. The summed E-state index contributed by atoms with van der Waals surface area (Å²) in [7, 11) is 0. The third kappa shape index (κ3) is 6.45. The van der Waals surface area contributed by atoms with Crippen LogP contribution in [-0.4, -0.2) is 55.5 Å². The van der Waals surface area contributed by atoms with Gasteiger partial charge in [-0.05, 0) is 62.3 Å². The van der Waals surface area contributed by atoms with E-state index in [0.717, 1.165) is 36.5 Å². The van der Waals surface area contributed by atoms with Crippen LogP contribution in [0.25, 0.3) is 0 Å². The smallest absolute Gasteiger partial charge is 0.265 e. The topological polar surface area (TPSA) is 61.9 Å². The largest absolute Gasteiger partial charge is 0.482 e. The molecule has 6 nitrogen and oxygen atoms in total. The van der Waals surface area contributed by atoms with Crippen molar-refractivity contribution in [2.24, 2.45) is 0 Å². The van der Waals surface area contributed by atoms with E-state index in [0.29, 0.717) is 25.4 Å². The molecule has 1 aromatic carbocycles. The minimum Gasteiger partial charge on any atom is -0.482 e. The van der Waals surface area contributed by atoms with Gasteiger partial charge in [0.25, 0.3) is 5.91 Å². The second kappa shape index (κ2) is 10.5. The fourth-order valence-electron chi connectivity index (χ4n) is 4.40. The maximum Gasteiger partial charge on any atom is 0.265 e. The minimum absolute atomic E-state index is 0.00687. The lowest BCUT2D eigenvalue weighted by Crippen LogP contribution is -2.40. The zero-order chi connectivity index (χ0) is 22.4. The predicted molar refractivity (Wildman–Crippen MR) is 125 cm³/mol. The van der Waals surface area contributed by atoms with E-state index in [1.807, 2.05) is 12.1 Å². The summed E-state index contributed by atoms with van der Waals surface area (Å²) < 4.78 is 5.61. The highest BCUT2D eigenvalue weighted by Crippen LogP contribution is 2.36. The molecule has 172 valence electrons. The molecule has 0 spiro atoms. The maximum absolute atomic E-state index is 12.5. The summed E-state index contributed by atoms with van der Waals surface area (Å²) in [4.78, 5) is 29.0. The first-order chi connectivity index (χ1) is 14.8. The first kappa shape index (κ1) is 23.6. The number of amides is 2. The summed E-state index contributed by atoms with van der Waals surface area (Å²) in [6.07, 6.45) is 5.96. The summed E-state index contributed by atoms with van der Waals surface area (Å²) in [6.45, 7) is 12.3. The van der Waals surface area contributed by atoms with E-state index in [1.54, 1.807) is 4.90 Å². The number of carbonyl (C=O) groups is 2. The number of likely N-dealkylation sites (tertiary alicyclic amines) is 1. The molecule has 3 rings (SSSR count). The molecular formula is C25H39N3O3. The molecule has 6 heteroatoms. The molecular weight excluding hydrogens is 390 g/mol. The molecule has 0 bridgehead atoms. The number of benzene rings is 1. The van der Waals surface area contributed by atoms with E-state index >= 15 is 0 Å². The highest BCUT2D eigenvalue weighted by molar-refractivity contribution is 5.98. The zero-order valence-corrected chi connectivity index (χ0v) is 19.7. The predicted octanol–water partition coefficient (Wildman–Crippen LogP) is 3.87. The molecule has 1 N–H and O–H groups in total. The number of piperidine rings is 1. The fraction of sp³-hybridized carbons (Fsp3) is 0.680. The van der Waals surface area contributed by atoms with Gasteiger partial charge >= 0.3 is 0 Å². The average molecular weight is 430 g/mol. The number of ether oxygens (including phenoxy) is 1. The van der Waals surface area contributed by atoms with Gasteiger partial charge in [0.05, 0.1) is 5.69 Å². The molecule has 1 fully saturated rings. The minimum atomic E-state index is -0.0466. The maximum atomic E-state index is 12.5. The van der Waals surface area contributed by atoms with Crippen LogP contribution in [0.1, 0.15) is 71.8 Å². The highest BCUT2D eigenvalue weighted by Gasteiger charge is 2.27. The van der Waals surface area contributed by atoms with Gasteiger partial charge < -0.3 is 19.9 Å². The molecule has 1 aromatic rings. The van der Waals surface area contributed by atoms with Crippen LogP contribution in [0.5, 0.6) is 5.75 Å². The molecule has 1 atom stereocenters. The summed E-state index contributed by atoms with van der Waals surface area (Å²) in [5, 5.41) is 3.04. The number of hydrogen-bond acceptors (Lipinski definition) is 4. The Kier molecular flexibility index (Phi) is 7.98. The number of carbonyl (C=O) groups excluding carboxylic acids is 2. The van der Waals surface area contributed by atoms with Gasteiger partial charge in [0.15, 0.2) is 6.61 Å². The Balaban J connectivity index is 1.43. The van der Waals surface area contributed by atoms with Gasteiger partial charge in [0.2, 0.25) is 5.91 Å². The van der Waals surface area contributed by atoms with Gasteiger partial charge in [-0.2, -0.15) is 0 Å². The molecule has 0 radical (unpaired) electrons. The van der Waals surface area contributed by atoms with Crippen LogP contribution >= 0.6 is 0 Å². The number of anilines is 1. The van der Waals surface area contributed by atoms with Crippen molar-refractivity contribution in [1.29, 1.82) is 0 Å². The van der Waals surface area contributed by atoms with Gasteiger partial charge in [-0.15, -0.1) is 0 Å². The van der Waals surface area contributed by atoms with Gasteiger partial charge in [0, 0.05) is 32.1 Å². The van der Waals surface area contributed by atoms with E-state index in [2.05, 4.69) is 44.0 Å². The second-order valence-corrected chi connectivity index (χ2v) is 9.95. The third-order valence-corrected chi connectivity index (χ3v) is 6.44. The standard InChI is InChI=1S/C25H39N3O3/c1-19-9-5-6-14-27(19)15-8-13-26-23(29)10-7-16-28-21-17-20(25(2,3)4)11-12-22(21)31-18-24(28)30/h11-12,17,19H,5-10,13-16,18H2,1-4H3,(H,26,29). The van der Waals surface area contributed by atoms with Crippen molar-refractivity contribution in [2.75, 3.05) is 37.7 Å². The van der Waals surface area contributed by atoms with Gasteiger partial charge in [0.1, 0.15) is 5.75 Å². The summed E-state index contributed by atoms with van der Waals surface area (Å²) in [5.74, 6) is 0.759. The summed E-state index contributed by atoms with van der Waals surface area (Å²) in [5.41, 5.74) is 1.97. The highest BCUT2D eigenvalue weighted by atomic mass is 16.5. The van der Waals surface area contributed by atoms with Crippen LogP contribution in [0.2, 0.25) is 0 Å². The molecule has 1 saturated heterocycles. The normalized spacial score (nSPS) is 19.7. The average Bonchev–Trinajstić information content (AvgIpc) is 2.73. The summed E-state index contributed by atoms with van der Waals surface area (Å²) in [6, 6.07) is 6.72. The molecule has 2 amide bonds. The second-order valence-electron chi connectivity index (χ2n) is 9.95. The number of hydrogen-bond donors (Lipinski definition) is 1. The molecule has 1 unspecified atom stereocenters. The van der Waals surface area contributed by atoms with Crippen LogP contribution < -0.4 is 15.0 Å². The molecule has 2 aliphatic rings. The first-order valence-electron chi connectivity index (χ1n) is 11.8. The van der Waals surface area contributed by atoms with Gasteiger partial charge in [-0.1, -0.05) is 33.3 Å². The van der Waals surface area contributed by atoms with E-state index in [-0.39, 0.29) is 23.8 Å². The molecule has 0 saturated carbocycles. The zero-order valence-electron chi connectivity index (χ0n) is 19.7. The number of nitrogens with one attached hydrogen (secondary N) is 1. The van der Waals surface area contributed by atoms with Crippen molar-refractivity contribution in [3.8, 4) is 5.75 Å². The van der Waals surface area contributed by atoms with Crippen LogP contribution in [0.3, 0.4) is 0 Å². The molecule has 31 heavy (non-hydrogen) atoms. The Labute approximate surface area is 187 Å². The fourth-order valence-corrected chi connectivity index (χ4v) is 4.40. The SMILES string of the molecule is CC1CCCCN1CCCNC(=O)CCCN1C(=O)COc2ccc(C(C)(C)C)cc21. The molecule has 0 aromatic heterocycles. The number of nitrogens with zero attached hydrogens (tertiary/aromatic N) is 2. The lowest BCUT2D eigenvalue weighted by atomic mass is 9.86. The van der Waals surface area contributed by atoms with Gasteiger partial charge in [-0.3, -0.25) is 9.59 Å². The van der Waals surface area contributed by atoms with Crippen LogP contribution in [-0.2, 0) is 15.0 Å². The Hall–Kier alpha value is -2.08.